The van der Waals surface area contributed by atoms with Crippen molar-refractivity contribution in [2.75, 3.05) is 13.6 Å². The van der Waals surface area contributed by atoms with E-state index in [9.17, 15) is 9.59 Å². The predicted molar refractivity (Wildman–Crippen MR) is 59.9 cm³/mol. The number of likely N-dealkylation sites (tertiary alicyclic amines) is 1. The maximum atomic E-state index is 12.2. The first kappa shape index (κ1) is 12.1. The Labute approximate surface area is 100 Å². The fourth-order valence-corrected chi connectivity index (χ4v) is 2.61. The van der Waals surface area contributed by atoms with Crippen LogP contribution in [0.5, 0.6) is 0 Å². The number of esters is 2. The van der Waals surface area contributed by atoms with Crippen molar-refractivity contribution in [2.24, 2.45) is 5.92 Å². The number of carbonyl (C=O) groups is 2. The highest BCUT2D eigenvalue weighted by atomic mass is 16.7. The normalized spacial score (nSPS) is 31.1. The first-order chi connectivity index (χ1) is 7.84. The summed E-state index contributed by atoms with van der Waals surface area (Å²) in [7, 11) is 1.73. The molecular weight excluding hydrogens is 222 g/mol. The molecule has 0 saturated carbocycles. The van der Waals surface area contributed by atoms with Crippen LogP contribution in [-0.4, -0.2) is 41.8 Å². The highest BCUT2D eigenvalue weighted by Gasteiger charge is 2.64. The molecule has 5 heteroatoms. The van der Waals surface area contributed by atoms with Gasteiger partial charge in [0.2, 0.25) is 5.54 Å². The largest absolute Gasteiger partial charge is 0.421 e. The molecule has 1 atom stereocenters. The molecule has 1 unspecified atom stereocenters. The Morgan fingerprint density at radius 2 is 1.88 bits per heavy atom. The first-order valence-corrected chi connectivity index (χ1v) is 5.65. The molecule has 0 aromatic carbocycles. The average molecular weight is 239 g/mol. The van der Waals surface area contributed by atoms with E-state index >= 15 is 0 Å². The number of carbonyl (C=O) groups excluding carboxylic acids is 2. The van der Waals surface area contributed by atoms with Crippen molar-refractivity contribution in [3.05, 3.63) is 12.7 Å². The Morgan fingerprint density at radius 1 is 1.35 bits per heavy atom. The molecule has 17 heavy (non-hydrogen) atoms. The molecule has 2 fully saturated rings. The summed E-state index contributed by atoms with van der Waals surface area (Å²) in [6, 6.07) is 0. The average Bonchev–Trinajstić information content (AvgIpc) is 2.52. The Balaban J connectivity index is 2.45. The predicted octanol–water partition coefficient (Wildman–Crippen LogP) is 0.699. The van der Waals surface area contributed by atoms with Crippen LogP contribution in [-0.2, 0) is 19.1 Å². The van der Waals surface area contributed by atoms with Gasteiger partial charge in [0.1, 0.15) is 0 Å². The Hall–Kier alpha value is -1.36. The van der Waals surface area contributed by atoms with Crippen LogP contribution in [0.2, 0.25) is 0 Å². The summed E-state index contributed by atoms with van der Waals surface area (Å²) in [4.78, 5) is 26.1. The monoisotopic (exact) mass is 239 g/mol. The van der Waals surface area contributed by atoms with Crippen LogP contribution >= 0.6 is 0 Å². The van der Waals surface area contributed by atoms with Gasteiger partial charge in [-0.3, -0.25) is 4.90 Å². The zero-order valence-corrected chi connectivity index (χ0v) is 10.4. The molecule has 2 aliphatic rings. The third kappa shape index (κ3) is 1.49. The highest BCUT2D eigenvalue weighted by Crippen LogP contribution is 2.41. The van der Waals surface area contributed by atoms with E-state index in [0.717, 1.165) is 0 Å². The second-order valence-electron chi connectivity index (χ2n) is 5.00. The molecule has 5 nitrogen and oxygen atoms in total. The van der Waals surface area contributed by atoms with Gasteiger partial charge in [0.25, 0.3) is 5.79 Å². The summed E-state index contributed by atoms with van der Waals surface area (Å²) < 4.78 is 10.4. The minimum atomic E-state index is -1.34. The summed E-state index contributed by atoms with van der Waals surface area (Å²) >= 11 is 0. The van der Waals surface area contributed by atoms with Gasteiger partial charge in [-0.15, -0.1) is 6.58 Å². The van der Waals surface area contributed by atoms with Gasteiger partial charge in [-0.1, -0.05) is 6.08 Å². The van der Waals surface area contributed by atoms with Gasteiger partial charge in [-0.2, -0.15) is 0 Å². The van der Waals surface area contributed by atoms with Gasteiger partial charge >= 0.3 is 11.9 Å². The van der Waals surface area contributed by atoms with Crippen molar-refractivity contribution in [1.82, 2.24) is 4.90 Å². The molecule has 0 amide bonds. The molecule has 0 bridgehead atoms. The van der Waals surface area contributed by atoms with Crippen LogP contribution in [0.3, 0.4) is 0 Å². The summed E-state index contributed by atoms with van der Waals surface area (Å²) in [5.41, 5.74) is -1.34. The smallest absolute Gasteiger partial charge is 0.342 e. The summed E-state index contributed by atoms with van der Waals surface area (Å²) in [6.07, 6.45) is 2.33. The fraction of sp³-hybridized carbons (Fsp3) is 0.667. The number of cyclic esters (lactones) is 2. The summed E-state index contributed by atoms with van der Waals surface area (Å²) in [5.74, 6) is -2.52. The molecule has 0 radical (unpaired) electrons. The third-order valence-corrected chi connectivity index (χ3v) is 3.50. The van der Waals surface area contributed by atoms with Crippen LogP contribution < -0.4 is 0 Å². The van der Waals surface area contributed by atoms with Crippen molar-refractivity contribution in [3.8, 4) is 0 Å². The van der Waals surface area contributed by atoms with E-state index in [-0.39, 0.29) is 5.92 Å². The molecular formula is C12H17NO4. The molecule has 1 spiro atoms. The third-order valence-electron chi connectivity index (χ3n) is 3.50. The lowest BCUT2D eigenvalue weighted by Gasteiger charge is -2.43. The number of likely N-dealkylation sites (N-methyl/N-ethyl adjacent to an activating group) is 1. The van der Waals surface area contributed by atoms with E-state index < -0.39 is 23.3 Å². The van der Waals surface area contributed by atoms with Crippen LogP contribution in [0, 0.1) is 5.92 Å². The quantitative estimate of drug-likeness (QED) is 0.383. The minimum absolute atomic E-state index is 0.261. The van der Waals surface area contributed by atoms with Crippen LogP contribution in [0.15, 0.2) is 12.7 Å². The number of rotatable bonds is 1. The van der Waals surface area contributed by atoms with E-state index in [2.05, 4.69) is 6.58 Å². The molecule has 2 heterocycles. The highest BCUT2D eigenvalue weighted by molar-refractivity contribution is 6.07. The Bertz CT molecular complexity index is 368. The second kappa shape index (κ2) is 3.57. The van der Waals surface area contributed by atoms with Crippen LogP contribution in [0.25, 0.3) is 0 Å². The van der Waals surface area contributed by atoms with Gasteiger partial charge in [-0.25, -0.2) is 9.59 Å². The first-order valence-electron chi connectivity index (χ1n) is 5.65. The minimum Gasteiger partial charge on any atom is -0.421 e. The lowest BCUT2D eigenvalue weighted by Crippen LogP contribution is -2.66. The molecule has 0 aromatic rings. The zero-order chi connectivity index (χ0) is 12.8. The van der Waals surface area contributed by atoms with E-state index in [0.29, 0.717) is 13.0 Å². The van der Waals surface area contributed by atoms with Gasteiger partial charge < -0.3 is 9.47 Å². The fourth-order valence-electron chi connectivity index (χ4n) is 2.61. The molecule has 94 valence electrons. The lowest BCUT2D eigenvalue weighted by molar-refractivity contribution is -0.251. The van der Waals surface area contributed by atoms with E-state index in [1.54, 1.807) is 31.9 Å². The van der Waals surface area contributed by atoms with Crippen LogP contribution in [0.1, 0.15) is 20.3 Å². The summed E-state index contributed by atoms with van der Waals surface area (Å²) in [5, 5.41) is 0. The summed E-state index contributed by atoms with van der Waals surface area (Å²) in [6.45, 7) is 7.43. The zero-order valence-electron chi connectivity index (χ0n) is 10.4. The number of ether oxygens (including phenoxy) is 2. The van der Waals surface area contributed by atoms with Crippen molar-refractivity contribution in [2.45, 2.75) is 31.6 Å². The number of hydrogen-bond acceptors (Lipinski definition) is 5. The number of nitrogens with zero attached hydrogens (tertiary/aromatic N) is 1. The number of hydrogen-bond donors (Lipinski definition) is 0. The maximum absolute atomic E-state index is 12.2. The van der Waals surface area contributed by atoms with Gasteiger partial charge in [0, 0.05) is 26.3 Å². The SMILES string of the molecule is C=CC1CCN(C)C12C(=O)OC(C)(C)OC2=O. The van der Waals surface area contributed by atoms with Crippen molar-refractivity contribution in [3.63, 3.8) is 0 Å². The Kier molecular flexibility index (Phi) is 2.54. The topological polar surface area (TPSA) is 55.8 Å². The van der Waals surface area contributed by atoms with E-state index in [4.69, 9.17) is 9.47 Å². The second-order valence-corrected chi connectivity index (χ2v) is 5.00. The molecule has 0 aliphatic carbocycles. The molecule has 0 N–H and O–H groups in total. The molecule has 2 aliphatic heterocycles. The van der Waals surface area contributed by atoms with Gasteiger partial charge in [0.15, 0.2) is 0 Å². The van der Waals surface area contributed by atoms with Gasteiger partial charge in [0.05, 0.1) is 0 Å². The lowest BCUT2D eigenvalue weighted by atomic mass is 9.84. The van der Waals surface area contributed by atoms with E-state index in [1.807, 2.05) is 0 Å². The molecule has 0 aromatic heterocycles. The molecule has 2 rings (SSSR count). The van der Waals surface area contributed by atoms with Crippen molar-refractivity contribution >= 4 is 11.9 Å². The van der Waals surface area contributed by atoms with Crippen molar-refractivity contribution in [1.29, 1.82) is 0 Å². The maximum Gasteiger partial charge on any atom is 0.342 e. The Morgan fingerprint density at radius 3 is 2.35 bits per heavy atom. The van der Waals surface area contributed by atoms with E-state index in [1.165, 1.54) is 0 Å². The van der Waals surface area contributed by atoms with Gasteiger partial charge in [-0.05, 0) is 13.5 Å². The molecule has 2 saturated heterocycles. The standard InChI is InChI=1S/C12H17NO4/c1-5-8-6-7-13(4)12(8)9(14)16-11(2,3)17-10(12)15/h5,8H,1,6-7H2,2-4H3. The van der Waals surface area contributed by atoms with Crippen molar-refractivity contribution < 1.29 is 19.1 Å². The van der Waals surface area contributed by atoms with Crippen LogP contribution in [0.4, 0.5) is 0 Å².